The first-order valence-corrected chi connectivity index (χ1v) is 6.97. The maximum Gasteiger partial charge on any atom is 0.334 e. The van der Waals surface area contributed by atoms with E-state index < -0.39 is 36.0 Å². The van der Waals surface area contributed by atoms with Crippen molar-refractivity contribution in [1.82, 2.24) is 10.3 Å². The molecule has 8 nitrogen and oxygen atoms in total. The summed E-state index contributed by atoms with van der Waals surface area (Å²) in [6.45, 7) is 0.316. The summed E-state index contributed by atoms with van der Waals surface area (Å²) in [5.74, 6) is -5.09. The van der Waals surface area contributed by atoms with Crippen molar-refractivity contribution in [2.45, 2.75) is 12.8 Å². The highest BCUT2D eigenvalue weighted by Crippen LogP contribution is 2.41. The summed E-state index contributed by atoms with van der Waals surface area (Å²) in [5.41, 5.74) is 0.308. The maximum absolute atomic E-state index is 13.3. The van der Waals surface area contributed by atoms with Crippen LogP contribution >= 0.6 is 0 Å². The quantitative estimate of drug-likeness (QED) is 0.873. The number of halogens is 1. The second kappa shape index (κ2) is 5.84. The van der Waals surface area contributed by atoms with Gasteiger partial charge in [0.1, 0.15) is 23.6 Å². The van der Waals surface area contributed by atoms with Gasteiger partial charge in [-0.25, -0.2) is 13.8 Å². The molecule has 1 aromatic carbocycles. The standard InChI is InChI=1S/C15H12FN3O5/c1-6-10(14(20)21)11(12(15(22)23)9(5-16)17-6)7-3-2-4-8-13(7)19-24-18-8/h2-4,10-11H,5H2,1H3,(H,20,21)(H,22,23). The molecule has 2 unspecified atom stereocenters. The third-order valence-corrected chi connectivity index (χ3v) is 3.99. The van der Waals surface area contributed by atoms with Gasteiger partial charge in [-0.05, 0) is 28.9 Å². The number of benzene rings is 1. The second-order valence-corrected chi connectivity index (χ2v) is 5.33. The first-order valence-electron chi connectivity index (χ1n) is 6.97. The lowest BCUT2D eigenvalue weighted by Crippen LogP contribution is -2.35. The zero-order valence-electron chi connectivity index (χ0n) is 12.4. The Morgan fingerprint density at radius 1 is 1.29 bits per heavy atom. The fourth-order valence-corrected chi connectivity index (χ4v) is 3.02. The van der Waals surface area contributed by atoms with E-state index in [4.69, 9.17) is 0 Å². The van der Waals surface area contributed by atoms with Gasteiger partial charge in [0, 0.05) is 11.6 Å². The van der Waals surface area contributed by atoms with Crippen LogP contribution in [0, 0.1) is 5.92 Å². The zero-order valence-corrected chi connectivity index (χ0v) is 12.4. The molecule has 1 aromatic heterocycles. The van der Waals surface area contributed by atoms with E-state index in [1.807, 2.05) is 0 Å². The van der Waals surface area contributed by atoms with Gasteiger partial charge in [-0.1, -0.05) is 12.1 Å². The third kappa shape index (κ3) is 2.34. The number of allylic oxidation sites excluding steroid dienone is 1. The summed E-state index contributed by atoms with van der Waals surface area (Å²) in [6, 6.07) is 4.70. The number of aliphatic carboxylic acids is 2. The average Bonchev–Trinajstić information content (AvgIpc) is 3.01. The van der Waals surface area contributed by atoms with Crippen molar-refractivity contribution >= 4 is 28.7 Å². The molecule has 3 rings (SSSR count). The highest BCUT2D eigenvalue weighted by atomic mass is 19.1. The molecule has 9 heteroatoms. The summed E-state index contributed by atoms with van der Waals surface area (Å²) in [5, 5.41) is 26.5. The molecular formula is C15H12FN3O5. The van der Waals surface area contributed by atoms with Crippen molar-refractivity contribution in [3.8, 4) is 0 Å². The first kappa shape index (κ1) is 15.8. The predicted octanol–water partition coefficient (Wildman–Crippen LogP) is 1.79. The maximum atomic E-state index is 13.3. The Kier molecular flexibility index (Phi) is 3.84. The predicted molar refractivity (Wildman–Crippen MR) is 79.4 cm³/mol. The molecule has 2 N–H and O–H groups in total. The van der Waals surface area contributed by atoms with Crippen LogP contribution in [-0.4, -0.2) is 44.9 Å². The smallest absolute Gasteiger partial charge is 0.334 e. The van der Waals surface area contributed by atoms with Crippen molar-refractivity contribution in [2.24, 2.45) is 10.9 Å². The topological polar surface area (TPSA) is 126 Å². The number of rotatable bonds is 4. The summed E-state index contributed by atoms with van der Waals surface area (Å²) in [4.78, 5) is 27.3. The van der Waals surface area contributed by atoms with Gasteiger partial charge < -0.3 is 10.2 Å². The Bertz CT molecular complexity index is 901. The minimum Gasteiger partial charge on any atom is -0.481 e. The minimum atomic E-state index is -1.43. The van der Waals surface area contributed by atoms with E-state index in [2.05, 4.69) is 19.9 Å². The Balaban J connectivity index is 2.32. The van der Waals surface area contributed by atoms with Crippen LogP contribution in [0.2, 0.25) is 0 Å². The number of hydrogen-bond donors (Lipinski definition) is 2. The van der Waals surface area contributed by atoms with Crippen LogP contribution in [0.3, 0.4) is 0 Å². The van der Waals surface area contributed by atoms with Crippen LogP contribution in [0.25, 0.3) is 11.0 Å². The Morgan fingerprint density at radius 2 is 2.04 bits per heavy atom. The second-order valence-electron chi connectivity index (χ2n) is 5.33. The number of fused-ring (bicyclic) bond motifs is 1. The van der Waals surface area contributed by atoms with Gasteiger partial charge in [0.05, 0.1) is 11.3 Å². The SMILES string of the molecule is CC1=NC(CF)=C(C(=O)O)C(c2cccc3nonc23)C1C(=O)O. The van der Waals surface area contributed by atoms with E-state index in [1.54, 1.807) is 12.1 Å². The van der Waals surface area contributed by atoms with E-state index in [1.165, 1.54) is 13.0 Å². The molecule has 1 aliphatic rings. The van der Waals surface area contributed by atoms with Crippen molar-refractivity contribution < 1.29 is 28.8 Å². The van der Waals surface area contributed by atoms with Gasteiger partial charge in [-0.15, -0.1) is 0 Å². The fraction of sp³-hybridized carbons (Fsp3) is 0.267. The van der Waals surface area contributed by atoms with E-state index in [9.17, 15) is 24.2 Å². The van der Waals surface area contributed by atoms with E-state index >= 15 is 0 Å². The lowest BCUT2D eigenvalue weighted by molar-refractivity contribution is -0.140. The highest BCUT2D eigenvalue weighted by molar-refractivity contribution is 6.07. The van der Waals surface area contributed by atoms with Crippen LogP contribution < -0.4 is 0 Å². The number of carbonyl (C=O) groups is 2. The van der Waals surface area contributed by atoms with Gasteiger partial charge >= 0.3 is 11.9 Å². The van der Waals surface area contributed by atoms with Crippen molar-refractivity contribution in [1.29, 1.82) is 0 Å². The molecule has 1 aliphatic heterocycles. The molecule has 0 fully saturated rings. The minimum absolute atomic E-state index is 0.124. The Morgan fingerprint density at radius 3 is 2.67 bits per heavy atom. The summed E-state index contributed by atoms with van der Waals surface area (Å²) in [7, 11) is 0. The number of alkyl halides is 1. The molecule has 0 saturated carbocycles. The van der Waals surface area contributed by atoms with Crippen LogP contribution in [0.15, 0.2) is 39.1 Å². The van der Waals surface area contributed by atoms with Crippen molar-refractivity contribution in [2.75, 3.05) is 6.67 Å². The van der Waals surface area contributed by atoms with Crippen molar-refractivity contribution in [3.05, 3.63) is 35.0 Å². The molecule has 0 spiro atoms. The molecular weight excluding hydrogens is 321 g/mol. The fourth-order valence-electron chi connectivity index (χ4n) is 3.02. The highest BCUT2D eigenvalue weighted by Gasteiger charge is 2.43. The number of carboxylic acid groups (broad SMARTS) is 2. The largest absolute Gasteiger partial charge is 0.481 e. The molecule has 2 atom stereocenters. The molecule has 24 heavy (non-hydrogen) atoms. The number of carboxylic acids is 2. The molecule has 124 valence electrons. The molecule has 0 bridgehead atoms. The monoisotopic (exact) mass is 333 g/mol. The number of hydrogen-bond acceptors (Lipinski definition) is 6. The first-order chi connectivity index (χ1) is 11.5. The molecule has 0 saturated heterocycles. The number of nitrogens with zero attached hydrogens (tertiary/aromatic N) is 3. The molecule has 2 heterocycles. The lowest BCUT2D eigenvalue weighted by Gasteiger charge is -2.29. The number of aromatic nitrogens is 2. The molecule has 0 radical (unpaired) electrons. The van der Waals surface area contributed by atoms with E-state index in [0.29, 0.717) is 11.1 Å². The van der Waals surface area contributed by atoms with Gasteiger partial charge in [-0.2, -0.15) is 0 Å². The molecule has 2 aromatic rings. The van der Waals surface area contributed by atoms with E-state index in [0.717, 1.165) is 0 Å². The lowest BCUT2D eigenvalue weighted by atomic mass is 9.75. The normalized spacial score (nSPS) is 21.0. The van der Waals surface area contributed by atoms with Gasteiger partial charge in [0.25, 0.3) is 0 Å². The van der Waals surface area contributed by atoms with Crippen LogP contribution in [0.1, 0.15) is 18.4 Å². The molecule has 0 aliphatic carbocycles. The van der Waals surface area contributed by atoms with Gasteiger partial charge in [0.15, 0.2) is 0 Å². The number of aliphatic imine (C=N–C) groups is 1. The van der Waals surface area contributed by atoms with Gasteiger partial charge in [-0.3, -0.25) is 9.79 Å². The summed E-state index contributed by atoms with van der Waals surface area (Å²) < 4.78 is 18.0. The zero-order chi connectivity index (χ0) is 17.4. The van der Waals surface area contributed by atoms with Gasteiger partial charge in [0.2, 0.25) is 0 Å². The molecule has 0 amide bonds. The Hall–Kier alpha value is -3.10. The Labute approximate surface area is 134 Å². The summed E-state index contributed by atoms with van der Waals surface area (Å²) in [6.07, 6.45) is 0. The van der Waals surface area contributed by atoms with Crippen LogP contribution in [0.5, 0.6) is 0 Å². The van der Waals surface area contributed by atoms with Crippen molar-refractivity contribution in [3.63, 3.8) is 0 Å². The van der Waals surface area contributed by atoms with Crippen LogP contribution in [0.4, 0.5) is 4.39 Å². The van der Waals surface area contributed by atoms with Crippen LogP contribution in [-0.2, 0) is 9.59 Å². The van der Waals surface area contributed by atoms with E-state index in [-0.39, 0.29) is 16.9 Å². The average molecular weight is 333 g/mol. The summed E-state index contributed by atoms with van der Waals surface area (Å²) >= 11 is 0. The third-order valence-electron chi connectivity index (χ3n) is 3.99.